The summed E-state index contributed by atoms with van der Waals surface area (Å²) in [6.45, 7) is 4.57. The monoisotopic (exact) mass is 240 g/mol. The quantitative estimate of drug-likeness (QED) is 0.731. The zero-order valence-corrected chi connectivity index (χ0v) is 9.97. The van der Waals surface area contributed by atoms with Gasteiger partial charge < -0.3 is 0 Å². The highest BCUT2D eigenvalue weighted by molar-refractivity contribution is 9.10. The van der Waals surface area contributed by atoms with Crippen LogP contribution in [0.3, 0.4) is 0 Å². The lowest BCUT2D eigenvalue weighted by Crippen LogP contribution is -1.95. The minimum atomic E-state index is 0.851. The van der Waals surface area contributed by atoms with Crippen LogP contribution >= 0.6 is 15.9 Å². The highest BCUT2D eigenvalue weighted by Crippen LogP contribution is 2.15. The van der Waals surface area contributed by atoms with Crippen LogP contribution in [0.1, 0.15) is 32.3 Å². The molecule has 1 rings (SSSR count). The van der Waals surface area contributed by atoms with Gasteiger partial charge in [-0.1, -0.05) is 48.3 Å². The maximum Gasteiger partial charge on any atom is 0.0175 e. The number of halogens is 1. The van der Waals surface area contributed by atoms with Crippen LogP contribution < -0.4 is 0 Å². The Hall–Kier alpha value is -0.300. The molecular formula is C12H17Br. The standard InChI is InChI=1S/C12H17Br/c1-3-10(2)4-5-11-6-8-12(13)9-7-11/h6-10H,3-5H2,1-2H3/t10-/m0/s1. The molecule has 0 amide bonds. The van der Waals surface area contributed by atoms with E-state index in [9.17, 15) is 0 Å². The van der Waals surface area contributed by atoms with Gasteiger partial charge in [-0.3, -0.25) is 0 Å². The average Bonchev–Trinajstić information content (AvgIpc) is 2.16. The number of hydrogen-bond acceptors (Lipinski definition) is 0. The molecule has 0 saturated heterocycles. The molecule has 1 aromatic rings. The molecule has 0 heterocycles. The van der Waals surface area contributed by atoms with E-state index in [1.54, 1.807) is 0 Å². The molecule has 0 spiro atoms. The Morgan fingerprint density at radius 2 is 1.85 bits per heavy atom. The average molecular weight is 241 g/mol. The van der Waals surface area contributed by atoms with Gasteiger partial charge in [-0.15, -0.1) is 0 Å². The second kappa shape index (κ2) is 5.43. The zero-order chi connectivity index (χ0) is 9.68. The van der Waals surface area contributed by atoms with Crippen LogP contribution in [0.5, 0.6) is 0 Å². The van der Waals surface area contributed by atoms with Crippen molar-refractivity contribution in [2.75, 3.05) is 0 Å². The SMILES string of the molecule is CC[C@H](C)CCc1ccc(Br)cc1. The van der Waals surface area contributed by atoms with Gasteiger partial charge in [-0.25, -0.2) is 0 Å². The summed E-state index contributed by atoms with van der Waals surface area (Å²) in [4.78, 5) is 0. The molecule has 0 aliphatic heterocycles. The maximum absolute atomic E-state index is 3.44. The second-order valence-corrected chi connectivity index (χ2v) is 4.59. The van der Waals surface area contributed by atoms with E-state index in [4.69, 9.17) is 0 Å². The fourth-order valence-corrected chi connectivity index (χ4v) is 1.53. The molecule has 1 heteroatoms. The van der Waals surface area contributed by atoms with E-state index >= 15 is 0 Å². The largest absolute Gasteiger partial charge is 0.0651 e. The van der Waals surface area contributed by atoms with E-state index < -0.39 is 0 Å². The van der Waals surface area contributed by atoms with Crippen molar-refractivity contribution in [2.45, 2.75) is 33.1 Å². The fourth-order valence-electron chi connectivity index (χ4n) is 1.27. The van der Waals surface area contributed by atoms with Gasteiger partial charge in [-0.05, 0) is 36.5 Å². The van der Waals surface area contributed by atoms with Crippen LogP contribution in [-0.4, -0.2) is 0 Å². The van der Waals surface area contributed by atoms with Gasteiger partial charge in [0.05, 0.1) is 0 Å². The van der Waals surface area contributed by atoms with Crippen LogP contribution in [0.25, 0.3) is 0 Å². The lowest BCUT2D eigenvalue weighted by molar-refractivity contribution is 0.516. The smallest absolute Gasteiger partial charge is 0.0175 e. The number of hydrogen-bond donors (Lipinski definition) is 0. The number of aryl methyl sites for hydroxylation is 1. The van der Waals surface area contributed by atoms with Crippen molar-refractivity contribution in [3.8, 4) is 0 Å². The Kier molecular flexibility index (Phi) is 4.51. The normalized spacial score (nSPS) is 12.8. The first-order chi connectivity index (χ1) is 6.22. The molecule has 13 heavy (non-hydrogen) atoms. The lowest BCUT2D eigenvalue weighted by atomic mass is 9.99. The van der Waals surface area contributed by atoms with Gasteiger partial charge in [0.15, 0.2) is 0 Å². The summed E-state index contributed by atoms with van der Waals surface area (Å²) >= 11 is 3.44. The molecule has 0 N–H and O–H groups in total. The third kappa shape index (κ3) is 3.95. The van der Waals surface area contributed by atoms with Crippen molar-refractivity contribution in [3.05, 3.63) is 34.3 Å². The summed E-state index contributed by atoms with van der Waals surface area (Å²) in [5.41, 5.74) is 1.45. The Balaban J connectivity index is 2.41. The minimum Gasteiger partial charge on any atom is -0.0651 e. The molecule has 0 unspecified atom stereocenters. The second-order valence-electron chi connectivity index (χ2n) is 3.68. The molecule has 0 fully saturated rings. The molecule has 0 nitrogen and oxygen atoms in total. The Morgan fingerprint density at radius 3 is 2.38 bits per heavy atom. The maximum atomic E-state index is 3.44. The van der Waals surface area contributed by atoms with Crippen molar-refractivity contribution in [3.63, 3.8) is 0 Å². The van der Waals surface area contributed by atoms with Crippen LogP contribution in [0.4, 0.5) is 0 Å². The third-order valence-electron chi connectivity index (χ3n) is 2.54. The van der Waals surface area contributed by atoms with Crippen molar-refractivity contribution in [1.29, 1.82) is 0 Å². The van der Waals surface area contributed by atoms with Gasteiger partial charge >= 0.3 is 0 Å². The number of rotatable bonds is 4. The molecule has 0 radical (unpaired) electrons. The van der Waals surface area contributed by atoms with E-state index in [0.717, 1.165) is 5.92 Å². The summed E-state index contributed by atoms with van der Waals surface area (Å²) in [6.07, 6.45) is 3.80. The molecule has 0 saturated carbocycles. The van der Waals surface area contributed by atoms with Crippen LogP contribution in [-0.2, 0) is 6.42 Å². The van der Waals surface area contributed by atoms with Crippen molar-refractivity contribution >= 4 is 15.9 Å². The highest BCUT2D eigenvalue weighted by Gasteiger charge is 1.99. The Labute approximate surface area is 89.5 Å². The molecule has 1 aromatic carbocycles. The third-order valence-corrected chi connectivity index (χ3v) is 3.06. The summed E-state index contributed by atoms with van der Waals surface area (Å²) in [5.74, 6) is 0.851. The van der Waals surface area contributed by atoms with E-state index in [-0.39, 0.29) is 0 Å². The van der Waals surface area contributed by atoms with Crippen LogP contribution in [0.15, 0.2) is 28.7 Å². The molecule has 0 aliphatic rings. The van der Waals surface area contributed by atoms with E-state index in [2.05, 4.69) is 54.0 Å². The first-order valence-corrected chi connectivity index (χ1v) is 5.76. The van der Waals surface area contributed by atoms with Gasteiger partial charge in [0.2, 0.25) is 0 Å². The summed E-state index contributed by atoms with van der Waals surface area (Å²) in [7, 11) is 0. The van der Waals surface area contributed by atoms with Crippen molar-refractivity contribution in [1.82, 2.24) is 0 Å². The van der Waals surface area contributed by atoms with E-state index in [1.165, 1.54) is 29.3 Å². The van der Waals surface area contributed by atoms with Crippen LogP contribution in [0.2, 0.25) is 0 Å². The Bertz CT molecular complexity index is 238. The molecule has 72 valence electrons. The molecule has 1 atom stereocenters. The van der Waals surface area contributed by atoms with Gasteiger partial charge in [0.1, 0.15) is 0 Å². The lowest BCUT2D eigenvalue weighted by Gasteiger charge is -2.07. The molecule has 0 aromatic heterocycles. The van der Waals surface area contributed by atoms with Gasteiger partial charge in [0, 0.05) is 4.47 Å². The fraction of sp³-hybridized carbons (Fsp3) is 0.500. The summed E-state index contributed by atoms with van der Waals surface area (Å²) < 4.78 is 1.17. The summed E-state index contributed by atoms with van der Waals surface area (Å²) in [5, 5.41) is 0. The Morgan fingerprint density at radius 1 is 1.23 bits per heavy atom. The van der Waals surface area contributed by atoms with Crippen molar-refractivity contribution in [2.24, 2.45) is 5.92 Å². The van der Waals surface area contributed by atoms with Gasteiger partial charge in [0.25, 0.3) is 0 Å². The number of benzene rings is 1. The first kappa shape index (κ1) is 10.8. The van der Waals surface area contributed by atoms with E-state index in [1.807, 2.05) is 0 Å². The minimum absolute atomic E-state index is 0.851. The first-order valence-electron chi connectivity index (χ1n) is 4.96. The zero-order valence-electron chi connectivity index (χ0n) is 8.39. The van der Waals surface area contributed by atoms with Crippen LogP contribution in [0, 0.1) is 5.92 Å². The topological polar surface area (TPSA) is 0 Å². The summed E-state index contributed by atoms with van der Waals surface area (Å²) in [6, 6.07) is 8.64. The molecule has 0 aliphatic carbocycles. The van der Waals surface area contributed by atoms with Gasteiger partial charge in [-0.2, -0.15) is 0 Å². The molecular weight excluding hydrogens is 224 g/mol. The van der Waals surface area contributed by atoms with E-state index in [0.29, 0.717) is 0 Å². The predicted octanol–water partition coefficient (Wildman–Crippen LogP) is 4.43. The molecule has 0 bridgehead atoms. The predicted molar refractivity (Wildman–Crippen MR) is 61.9 cm³/mol. The highest BCUT2D eigenvalue weighted by atomic mass is 79.9. The van der Waals surface area contributed by atoms with Crippen molar-refractivity contribution < 1.29 is 0 Å².